The smallest absolute Gasteiger partial charge is 0.317 e. The van der Waals surface area contributed by atoms with Crippen molar-refractivity contribution in [2.24, 2.45) is 0 Å². The van der Waals surface area contributed by atoms with Crippen LogP contribution in [0.25, 0.3) is 11.4 Å². The summed E-state index contributed by atoms with van der Waals surface area (Å²) in [4.78, 5) is 18.1. The highest BCUT2D eigenvalue weighted by molar-refractivity contribution is 5.74. The fraction of sp³-hybridized carbons (Fsp3) is 0.400. The highest BCUT2D eigenvalue weighted by Crippen LogP contribution is 2.15. The molecular formula is C15H19N5O2. The summed E-state index contributed by atoms with van der Waals surface area (Å²) in [5, 5.41) is 9.88. The average molecular weight is 301 g/mol. The zero-order valence-electron chi connectivity index (χ0n) is 12.5. The summed E-state index contributed by atoms with van der Waals surface area (Å²) in [6, 6.07) is 7.90. The van der Waals surface area contributed by atoms with Gasteiger partial charge in [0.1, 0.15) is 5.82 Å². The quantitative estimate of drug-likeness (QED) is 0.895. The van der Waals surface area contributed by atoms with Crippen molar-refractivity contribution in [3.8, 4) is 11.4 Å². The lowest BCUT2D eigenvalue weighted by atomic mass is 10.1. The maximum Gasteiger partial charge on any atom is 0.317 e. The summed E-state index contributed by atoms with van der Waals surface area (Å²) >= 11 is 0. The zero-order chi connectivity index (χ0) is 15.4. The predicted octanol–water partition coefficient (Wildman–Crippen LogP) is 1.32. The van der Waals surface area contributed by atoms with Gasteiger partial charge in [-0.1, -0.05) is 29.8 Å². The highest BCUT2D eigenvalue weighted by Gasteiger charge is 2.16. The number of carbonyl (C=O) groups is 1. The van der Waals surface area contributed by atoms with Crippen LogP contribution < -0.4 is 5.32 Å². The largest absolute Gasteiger partial charge is 0.378 e. The molecule has 0 spiro atoms. The molecule has 1 aromatic carbocycles. The van der Waals surface area contributed by atoms with E-state index in [1.807, 2.05) is 31.2 Å². The van der Waals surface area contributed by atoms with Gasteiger partial charge in [0.2, 0.25) is 0 Å². The van der Waals surface area contributed by atoms with Crippen LogP contribution in [-0.2, 0) is 11.3 Å². The van der Waals surface area contributed by atoms with Gasteiger partial charge in [-0.25, -0.2) is 9.78 Å². The van der Waals surface area contributed by atoms with E-state index in [9.17, 15) is 4.79 Å². The maximum absolute atomic E-state index is 12.0. The van der Waals surface area contributed by atoms with Crippen LogP contribution in [0.4, 0.5) is 4.79 Å². The Morgan fingerprint density at radius 2 is 2.05 bits per heavy atom. The number of aromatic nitrogens is 3. The summed E-state index contributed by atoms with van der Waals surface area (Å²) < 4.78 is 5.22. The highest BCUT2D eigenvalue weighted by atomic mass is 16.5. The molecule has 2 N–H and O–H groups in total. The molecule has 0 unspecified atom stereocenters. The van der Waals surface area contributed by atoms with E-state index in [0.29, 0.717) is 44.5 Å². The van der Waals surface area contributed by atoms with E-state index in [2.05, 4.69) is 20.5 Å². The number of nitrogens with one attached hydrogen (secondary N) is 2. The number of amides is 2. The van der Waals surface area contributed by atoms with E-state index in [4.69, 9.17) is 4.74 Å². The molecule has 22 heavy (non-hydrogen) atoms. The predicted molar refractivity (Wildman–Crippen MR) is 81.2 cm³/mol. The Bertz CT molecular complexity index is 632. The van der Waals surface area contributed by atoms with Crippen molar-refractivity contribution >= 4 is 6.03 Å². The molecule has 1 saturated heterocycles. The standard InChI is InChI=1S/C15H19N5O2/c1-11-2-4-12(5-3-11)14-17-13(18-19-14)10-16-15(21)20-6-8-22-9-7-20/h2-5H,6-10H2,1H3,(H,16,21)(H,17,18,19). The number of aromatic amines is 1. The molecule has 2 aromatic rings. The lowest BCUT2D eigenvalue weighted by Gasteiger charge is -2.26. The fourth-order valence-corrected chi connectivity index (χ4v) is 2.24. The number of morpholine rings is 1. The number of rotatable bonds is 3. The van der Waals surface area contributed by atoms with E-state index in [0.717, 1.165) is 5.56 Å². The van der Waals surface area contributed by atoms with Crippen molar-refractivity contribution in [2.75, 3.05) is 26.3 Å². The molecule has 0 saturated carbocycles. The van der Waals surface area contributed by atoms with Gasteiger partial charge < -0.3 is 15.0 Å². The van der Waals surface area contributed by atoms with Gasteiger partial charge >= 0.3 is 6.03 Å². The SMILES string of the molecule is Cc1ccc(-c2n[nH]c(CNC(=O)N3CCOCC3)n2)cc1. The Morgan fingerprint density at radius 3 is 2.77 bits per heavy atom. The van der Waals surface area contributed by atoms with Crippen LogP contribution in [0.5, 0.6) is 0 Å². The van der Waals surface area contributed by atoms with E-state index < -0.39 is 0 Å². The molecule has 0 radical (unpaired) electrons. The van der Waals surface area contributed by atoms with E-state index in [1.54, 1.807) is 4.90 Å². The third kappa shape index (κ3) is 3.43. The molecule has 7 heteroatoms. The van der Waals surface area contributed by atoms with Crippen molar-refractivity contribution < 1.29 is 9.53 Å². The number of hydrogen-bond acceptors (Lipinski definition) is 4. The first-order valence-electron chi connectivity index (χ1n) is 7.31. The van der Waals surface area contributed by atoms with Crippen LogP contribution in [-0.4, -0.2) is 52.4 Å². The number of ether oxygens (including phenoxy) is 1. The average Bonchev–Trinajstić information content (AvgIpc) is 3.03. The van der Waals surface area contributed by atoms with Gasteiger partial charge in [0.25, 0.3) is 0 Å². The van der Waals surface area contributed by atoms with Crippen molar-refractivity contribution in [3.05, 3.63) is 35.7 Å². The van der Waals surface area contributed by atoms with Gasteiger partial charge in [0.15, 0.2) is 5.82 Å². The van der Waals surface area contributed by atoms with Gasteiger partial charge in [-0.05, 0) is 6.92 Å². The summed E-state index contributed by atoms with van der Waals surface area (Å²) in [6.45, 7) is 4.79. The van der Waals surface area contributed by atoms with Gasteiger partial charge in [0, 0.05) is 18.7 Å². The van der Waals surface area contributed by atoms with Crippen LogP contribution in [0.2, 0.25) is 0 Å². The molecule has 1 aromatic heterocycles. The van der Waals surface area contributed by atoms with Crippen molar-refractivity contribution in [1.29, 1.82) is 0 Å². The second-order valence-corrected chi connectivity index (χ2v) is 5.23. The van der Waals surface area contributed by atoms with Crippen molar-refractivity contribution in [2.45, 2.75) is 13.5 Å². The third-order valence-electron chi connectivity index (χ3n) is 3.55. The molecule has 7 nitrogen and oxygen atoms in total. The van der Waals surface area contributed by atoms with Crippen LogP contribution in [0.15, 0.2) is 24.3 Å². The normalized spacial score (nSPS) is 14.9. The molecule has 0 atom stereocenters. The molecule has 2 amide bonds. The Morgan fingerprint density at radius 1 is 1.32 bits per heavy atom. The molecule has 3 rings (SSSR count). The minimum absolute atomic E-state index is 0.100. The molecule has 0 aliphatic carbocycles. The monoisotopic (exact) mass is 301 g/mol. The number of aryl methyl sites for hydroxylation is 1. The summed E-state index contributed by atoms with van der Waals surface area (Å²) in [5.74, 6) is 1.27. The number of hydrogen-bond donors (Lipinski definition) is 2. The van der Waals surface area contributed by atoms with Crippen LogP contribution in [0.1, 0.15) is 11.4 Å². The number of urea groups is 1. The molecule has 1 aliphatic heterocycles. The van der Waals surface area contributed by atoms with E-state index in [-0.39, 0.29) is 6.03 Å². The Hall–Kier alpha value is -2.41. The minimum atomic E-state index is -0.100. The van der Waals surface area contributed by atoms with Crippen LogP contribution in [0, 0.1) is 6.92 Å². The first-order valence-corrected chi connectivity index (χ1v) is 7.31. The van der Waals surface area contributed by atoms with E-state index >= 15 is 0 Å². The maximum atomic E-state index is 12.0. The first-order chi connectivity index (χ1) is 10.7. The lowest BCUT2D eigenvalue weighted by molar-refractivity contribution is 0.0531. The van der Waals surface area contributed by atoms with Gasteiger partial charge in [-0.2, -0.15) is 5.10 Å². The fourth-order valence-electron chi connectivity index (χ4n) is 2.24. The first kappa shape index (κ1) is 14.5. The second-order valence-electron chi connectivity index (χ2n) is 5.23. The minimum Gasteiger partial charge on any atom is -0.378 e. The van der Waals surface area contributed by atoms with Gasteiger partial charge in [0.05, 0.1) is 19.8 Å². The Balaban J connectivity index is 1.57. The summed E-state index contributed by atoms with van der Waals surface area (Å²) in [7, 11) is 0. The number of carbonyl (C=O) groups excluding carboxylic acids is 1. The molecule has 2 heterocycles. The van der Waals surface area contributed by atoms with Gasteiger partial charge in [-0.3, -0.25) is 5.10 Å². The van der Waals surface area contributed by atoms with Crippen molar-refractivity contribution in [1.82, 2.24) is 25.4 Å². The summed E-state index contributed by atoms with van der Waals surface area (Å²) in [5.41, 5.74) is 2.14. The molecule has 1 aliphatic rings. The molecule has 0 bridgehead atoms. The van der Waals surface area contributed by atoms with Crippen molar-refractivity contribution in [3.63, 3.8) is 0 Å². The Labute approximate surface area is 128 Å². The van der Waals surface area contributed by atoms with Crippen LogP contribution >= 0.6 is 0 Å². The lowest BCUT2D eigenvalue weighted by Crippen LogP contribution is -2.46. The Kier molecular flexibility index (Phi) is 4.34. The number of H-pyrrole nitrogens is 1. The van der Waals surface area contributed by atoms with E-state index in [1.165, 1.54) is 5.56 Å². The summed E-state index contributed by atoms with van der Waals surface area (Å²) in [6.07, 6.45) is 0. The number of benzene rings is 1. The zero-order valence-corrected chi connectivity index (χ0v) is 12.5. The molecule has 116 valence electrons. The van der Waals surface area contributed by atoms with Gasteiger partial charge in [-0.15, -0.1) is 0 Å². The number of nitrogens with zero attached hydrogens (tertiary/aromatic N) is 3. The molecule has 1 fully saturated rings. The van der Waals surface area contributed by atoms with Crippen LogP contribution in [0.3, 0.4) is 0 Å². The second kappa shape index (κ2) is 6.57. The topological polar surface area (TPSA) is 83.1 Å². The third-order valence-corrected chi connectivity index (χ3v) is 3.55. The molecular weight excluding hydrogens is 282 g/mol.